The minimum atomic E-state index is -0.296. The molecule has 0 aliphatic carbocycles. The van der Waals surface area contributed by atoms with E-state index in [1.54, 1.807) is 0 Å². The van der Waals surface area contributed by atoms with Crippen LogP contribution in [0, 0.1) is 5.92 Å². The molecule has 0 bridgehead atoms. The van der Waals surface area contributed by atoms with Gasteiger partial charge in [-0.25, -0.2) is 0 Å². The maximum Gasteiger partial charge on any atom is 0.322 e. The molecule has 1 rings (SSSR count). The Kier molecular flexibility index (Phi) is 6.57. The monoisotopic (exact) mass is 263 g/mol. The molecule has 0 aromatic heterocycles. The van der Waals surface area contributed by atoms with Crippen LogP contribution in [0.1, 0.15) is 45.2 Å². The molecule has 3 heteroatoms. The summed E-state index contributed by atoms with van der Waals surface area (Å²) in [5.74, 6) is 0.293. The number of benzene rings is 1. The topological polar surface area (TPSA) is 38.3 Å². The Morgan fingerprint density at radius 1 is 1.21 bits per heavy atom. The number of methoxy groups -OCH3 is 1. The van der Waals surface area contributed by atoms with Gasteiger partial charge in [0, 0.05) is 6.04 Å². The van der Waals surface area contributed by atoms with Crippen molar-refractivity contribution in [3.63, 3.8) is 0 Å². The molecule has 0 radical (unpaired) electrons. The molecule has 2 unspecified atom stereocenters. The molecule has 0 aliphatic heterocycles. The lowest BCUT2D eigenvalue weighted by molar-refractivity contribution is -0.143. The van der Waals surface area contributed by atoms with Crippen molar-refractivity contribution in [1.29, 1.82) is 0 Å². The maximum atomic E-state index is 11.6. The first kappa shape index (κ1) is 15.7. The molecule has 0 amide bonds. The summed E-state index contributed by atoms with van der Waals surface area (Å²) in [6.07, 6.45) is 2.16. The number of esters is 1. The van der Waals surface area contributed by atoms with Gasteiger partial charge in [-0.05, 0) is 18.4 Å². The number of ether oxygens (including phenoxy) is 1. The molecule has 3 nitrogen and oxygen atoms in total. The van der Waals surface area contributed by atoms with Crippen LogP contribution in [0.25, 0.3) is 0 Å². The minimum absolute atomic E-state index is 0.185. The summed E-state index contributed by atoms with van der Waals surface area (Å²) in [6, 6.07) is 10.2. The van der Waals surface area contributed by atoms with Gasteiger partial charge in [-0.15, -0.1) is 0 Å². The lowest BCUT2D eigenvalue weighted by Crippen LogP contribution is -2.40. The van der Waals surface area contributed by atoms with Crippen molar-refractivity contribution < 1.29 is 9.53 Å². The average Bonchev–Trinajstić information content (AvgIpc) is 2.47. The molecular weight excluding hydrogens is 238 g/mol. The maximum absolute atomic E-state index is 11.6. The van der Waals surface area contributed by atoms with Crippen LogP contribution in [0.5, 0.6) is 0 Å². The predicted octanol–water partition coefficient (Wildman–Crippen LogP) is 3.32. The van der Waals surface area contributed by atoms with Crippen LogP contribution in [0.4, 0.5) is 0 Å². The number of nitrogens with one attached hydrogen (secondary N) is 1. The van der Waals surface area contributed by atoms with E-state index >= 15 is 0 Å². The van der Waals surface area contributed by atoms with Crippen molar-refractivity contribution in [2.75, 3.05) is 7.11 Å². The zero-order chi connectivity index (χ0) is 14.3. The van der Waals surface area contributed by atoms with E-state index in [0.29, 0.717) is 5.92 Å². The molecule has 0 fully saturated rings. The molecule has 1 aromatic rings. The SMILES string of the molecule is CCC(CC)C(NC(C)C(=O)OC)c1ccccc1. The van der Waals surface area contributed by atoms with E-state index in [1.807, 2.05) is 25.1 Å². The van der Waals surface area contributed by atoms with Gasteiger partial charge in [0.25, 0.3) is 0 Å². The first-order valence-corrected chi connectivity index (χ1v) is 7.02. The van der Waals surface area contributed by atoms with Crippen molar-refractivity contribution in [1.82, 2.24) is 5.32 Å². The summed E-state index contributed by atoms with van der Waals surface area (Å²) < 4.78 is 4.79. The van der Waals surface area contributed by atoms with Crippen LogP contribution in [0.15, 0.2) is 30.3 Å². The van der Waals surface area contributed by atoms with Gasteiger partial charge >= 0.3 is 5.97 Å². The highest BCUT2D eigenvalue weighted by Gasteiger charge is 2.24. The van der Waals surface area contributed by atoms with E-state index in [-0.39, 0.29) is 18.1 Å². The molecule has 19 heavy (non-hydrogen) atoms. The van der Waals surface area contributed by atoms with Gasteiger partial charge in [-0.1, -0.05) is 57.0 Å². The van der Waals surface area contributed by atoms with E-state index in [4.69, 9.17) is 4.74 Å². The lowest BCUT2D eigenvalue weighted by Gasteiger charge is -2.29. The van der Waals surface area contributed by atoms with Gasteiger partial charge in [0.05, 0.1) is 7.11 Å². The summed E-state index contributed by atoms with van der Waals surface area (Å²) in [5.41, 5.74) is 1.23. The smallest absolute Gasteiger partial charge is 0.322 e. The van der Waals surface area contributed by atoms with Gasteiger partial charge in [0.2, 0.25) is 0 Å². The second-order valence-corrected chi connectivity index (χ2v) is 4.88. The fourth-order valence-corrected chi connectivity index (χ4v) is 2.44. The molecule has 0 aliphatic rings. The number of rotatable bonds is 7. The van der Waals surface area contributed by atoms with Crippen LogP contribution >= 0.6 is 0 Å². The molecule has 106 valence electrons. The first-order chi connectivity index (χ1) is 9.13. The fourth-order valence-electron chi connectivity index (χ4n) is 2.44. The zero-order valence-corrected chi connectivity index (χ0v) is 12.3. The summed E-state index contributed by atoms with van der Waals surface area (Å²) in [6.45, 7) is 6.23. The van der Waals surface area contributed by atoms with Gasteiger partial charge in [-0.2, -0.15) is 0 Å². The van der Waals surface area contributed by atoms with Crippen LogP contribution in [-0.2, 0) is 9.53 Å². The molecular formula is C16H25NO2. The number of hydrogen-bond acceptors (Lipinski definition) is 3. The van der Waals surface area contributed by atoms with Crippen molar-refractivity contribution in [2.45, 2.75) is 45.7 Å². The lowest BCUT2D eigenvalue weighted by atomic mass is 9.88. The quantitative estimate of drug-likeness (QED) is 0.767. The van der Waals surface area contributed by atoms with Crippen LogP contribution in [-0.4, -0.2) is 19.1 Å². The highest BCUT2D eigenvalue weighted by atomic mass is 16.5. The van der Waals surface area contributed by atoms with E-state index < -0.39 is 0 Å². The summed E-state index contributed by atoms with van der Waals surface area (Å²) in [5, 5.41) is 3.41. The Morgan fingerprint density at radius 2 is 1.79 bits per heavy atom. The van der Waals surface area contributed by atoms with Crippen molar-refractivity contribution >= 4 is 5.97 Å². The third kappa shape index (κ3) is 4.35. The largest absolute Gasteiger partial charge is 0.468 e. The van der Waals surface area contributed by atoms with Gasteiger partial charge in [-0.3, -0.25) is 10.1 Å². The minimum Gasteiger partial charge on any atom is -0.468 e. The Labute approximate surface area is 116 Å². The van der Waals surface area contributed by atoms with Crippen molar-refractivity contribution in [3.8, 4) is 0 Å². The fraction of sp³-hybridized carbons (Fsp3) is 0.562. The number of carbonyl (C=O) groups is 1. The number of carbonyl (C=O) groups excluding carboxylic acids is 1. The van der Waals surface area contributed by atoms with Gasteiger partial charge in [0.15, 0.2) is 0 Å². The summed E-state index contributed by atoms with van der Waals surface area (Å²) >= 11 is 0. The second-order valence-electron chi connectivity index (χ2n) is 4.88. The highest BCUT2D eigenvalue weighted by molar-refractivity contribution is 5.75. The molecule has 0 spiro atoms. The molecule has 2 atom stereocenters. The van der Waals surface area contributed by atoms with Crippen LogP contribution in [0.3, 0.4) is 0 Å². The molecule has 0 saturated heterocycles. The number of hydrogen-bond donors (Lipinski definition) is 1. The Morgan fingerprint density at radius 3 is 2.26 bits per heavy atom. The zero-order valence-electron chi connectivity index (χ0n) is 12.3. The first-order valence-electron chi connectivity index (χ1n) is 7.02. The third-order valence-electron chi connectivity index (χ3n) is 3.66. The molecule has 1 aromatic carbocycles. The van der Waals surface area contributed by atoms with Crippen LogP contribution < -0.4 is 5.32 Å². The predicted molar refractivity (Wildman–Crippen MR) is 77.9 cm³/mol. The van der Waals surface area contributed by atoms with Crippen molar-refractivity contribution in [3.05, 3.63) is 35.9 Å². The summed E-state index contributed by atoms with van der Waals surface area (Å²) in [4.78, 5) is 11.6. The normalized spacial score (nSPS) is 14.2. The van der Waals surface area contributed by atoms with E-state index in [9.17, 15) is 4.79 Å². The van der Waals surface area contributed by atoms with E-state index in [2.05, 4.69) is 31.3 Å². The third-order valence-corrected chi connectivity index (χ3v) is 3.66. The van der Waals surface area contributed by atoms with E-state index in [1.165, 1.54) is 12.7 Å². The van der Waals surface area contributed by atoms with E-state index in [0.717, 1.165) is 12.8 Å². The summed E-state index contributed by atoms with van der Waals surface area (Å²) in [7, 11) is 1.43. The Hall–Kier alpha value is -1.35. The average molecular weight is 263 g/mol. The Bertz CT molecular complexity index is 374. The van der Waals surface area contributed by atoms with Gasteiger partial charge in [0.1, 0.15) is 6.04 Å². The molecule has 0 saturated carbocycles. The molecule has 0 heterocycles. The van der Waals surface area contributed by atoms with Gasteiger partial charge < -0.3 is 4.74 Å². The second kappa shape index (κ2) is 7.95. The molecule has 1 N–H and O–H groups in total. The standard InChI is InChI=1S/C16H25NO2/c1-5-13(6-2)15(14-10-8-7-9-11-14)17-12(3)16(18)19-4/h7-13,15,17H,5-6H2,1-4H3. The Balaban J connectivity index is 2.90. The highest BCUT2D eigenvalue weighted by Crippen LogP contribution is 2.27. The van der Waals surface area contributed by atoms with Crippen molar-refractivity contribution in [2.24, 2.45) is 5.92 Å². The van der Waals surface area contributed by atoms with Crippen LogP contribution in [0.2, 0.25) is 0 Å².